The maximum absolute atomic E-state index is 12.1. The van der Waals surface area contributed by atoms with Crippen LogP contribution in [0.3, 0.4) is 0 Å². The monoisotopic (exact) mass is 274 g/mol. The van der Waals surface area contributed by atoms with Crippen molar-refractivity contribution in [2.45, 2.75) is 45.1 Å². The van der Waals surface area contributed by atoms with Crippen molar-refractivity contribution in [1.82, 2.24) is 5.32 Å². The molecular weight excluding hydrogens is 252 g/mol. The van der Waals surface area contributed by atoms with E-state index in [0.717, 1.165) is 37.0 Å². The first-order valence-corrected chi connectivity index (χ1v) is 7.17. The van der Waals surface area contributed by atoms with Crippen LogP contribution in [0.1, 0.15) is 39.5 Å². The van der Waals surface area contributed by atoms with Crippen molar-refractivity contribution >= 4 is 5.97 Å². The van der Waals surface area contributed by atoms with Crippen LogP contribution in [0.4, 0.5) is 0 Å². The van der Waals surface area contributed by atoms with Gasteiger partial charge in [-0.2, -0.15) is 5.26 Å². The average Bonchev–Trinajstić information content (AvgIpc) is 2.39. The number of rotatable bonds is 1. The highest BCUT2D eigenvalue weighted by molar-refractivity contribution is 5.90. The molecule has 1 unspecified atom stereocenters. The van der Waals surface area contributed by atoms with Crippen molar-refractivity contribution in [2.75, 3.05) is 7.11 Å². The summed E-state index contributed by atoms with van der Waals surface area (Å²) < 4.78 is 4.95. The molecule has 0 aromatic rings. The molecule has 1 aliphatic heterocycles. The van der Waals surface area contributed by atoms with Gasteiger partial charge >= 0.3 is 5.97 Å². The van der Waals surface area contributed by atoms with Gasteiger partial charge in [0.1, 0.15) is 5.54 Å². The molecule has 0 bridgehead atoms. The Kier molecular flexibility index (Phi) is 4.17. The number of nitrogens with one attached hydrogen (secondary N) is 1. The second-order valence-corrected chi connectivity index (χ2v) is 5.81. The number of nitrogens with zero attached hydrogens (tertiary/aromatic N) is 1. The van der Waals surface area contributed by atoms with Crippen molar-refractivity contribution in [1.29, 1.82) is 5.26 Å². The highest BCUT2D eigenvalue weighted by Gasteiger charge is 2.46. The summed E-state index contributed by atoms with van der Waals surface area (Å²) in [4.78, 5) is 12.1. The largest absolute Gasteiger partial charge is 0.466 e. The van der Waals surface area contributed by atoms with E-state index in [2.05, 4.69) is 23.5 Å². The molecule has 0 saturated carbocycles. The Morgan fingerprint density at radius 3 is 2.70 bits per heavy atom. The van der Waals surface area contributed by atoms with E-state index in [9.17, 15) is 10.1 Å². The standard InChI is InChI=1S/C16H22N2O2/c1-11-14(15(19)20-3)12-8-6-4-5-7-9-13(12)16(2,10-17)18-11/h4-5,12-13,18H,6-9H2,1-3H3/b5-4-/t12-,13-,16?/m0/s1. The van der Waals surface area contributed by atoms with Gasteiger partial charge in [-0.05, 0) is 45.4 Å². The molecule has 0 aromatic carbocycles. The summed E-state index contributed by atoms with van der Waals surface area (Å²) >= 11 is 0. The van der Waals surface area contributed by atoms with E-state index in [0.29, 0.717) is 0 Å². The van der Waals surface area contributed by atoms with E-state index in [1.54, 1.807) is 0 Å². The first kappa shape index (κ1) is 14.6. The number of hydrogen-bond acceptors (Lipinski definition) is 4. The minimum atomic E-state index is -0.614. The third-order valence-electron chi connectivity index (χ3n) is 4.54. The molecule has 4 heteroatoms. The second kappa shape index (κ2) is 5.70. The topological polar surface area (TPSA) is 62.1 Å². The zero-order valence-corrected chi connectivity index (χ0v) is 12.4. The molecule has 0 radical (unpaired) electrons. The predicted octanol–water partition coefficient (Wildman–Crippen LogP) is 2.68. The van der Waals surface area contributed by atoms with Gasteiger partial charge in [-0.25, -0.2) is 4.79 Å². The minimum Gasteiger partial charge on any atom is -0.466 e. The maximum Gasteiger partial charge on any atom is 0.335 e. The van der Waals surface area contributed by atoms with E-state index < -0.39 is 5.54 Å². The summed E-state index contributed by atoms with van der Waals surface area (Å²) in [6.45, 7) is 3.81. The summed E-state index contributed by atoms with van der Waals surface area (Å²) in [6, 6.07) is 2.41. The first-order chi connectivity index (χ1) is 9.53. The third-order valence-corrected chi connectivity index (χ3v) is 4.54. The fraction of sp³-hybridized carbons (Fsp3) is 0.625. The van der Waals surface area contributed by atoms with Crippen LogP contribution in [0.5, 0.6) is 0 Å². The van der Waals surface area contributed by atoms with Gasteiger partial charge < -0.3 is 10.1 Å². The molecular formula is C16H22N2O2. The van der Waals surface area contributed by atoms with Crippen molar-refractivity contribution in [2.24, 2.45) is 11.8 Å². The lowest BCUT2D eigenvalue weighted by molar-refractivity contribution is -0.137. The molecule has 20 heavy (non-hydrogen) atoms. The SMILES string of the molecule is COC(=O)C1=C(C)NC(C)(C#N)[C@H]2CC/C=C\CC[C@H]12. The normalized spacial score (nSPS) is 34.9. The third kappa shape index (κ3) is 2.45. The predicted molar refractivity (Wildman–Crippen MR) is 76.5 cm³/mol. The molecule has 1 aliphatic carbocycles. The first-order valence-electron chi connectivity index (χ1n) is 7.17. The number of methoxy groups -OCH3 is 1. The zero-order valence-electron chi connectivity index (χ0n) is 12.4. The lowest BCUT2D eigenvalue weighted by Crippen LogP contribution is -2.54. The van der Waals surface area contributed by atoms with E-state index >= 15 is 0 Å². The van der Waals surface area contributed by atoms with Gasteiger partial charge in [0.25, 0.3) is 0 Å². The maximum atomic E-state index is 12.1. The highest BCUT2D eigenvalue weighted by atomic mass is 16.5. The van der Waals surface area contributed by atoms with Gasteiger partial charge in [0, 0.05) is 11.6 Å². The van der Waals surface area contributed by atoms with Crippen molar-refractivity contribution in [3.05, 3.63) is 23.4 Å². The molecule has 1 heterocycles. The van der Waals surface area contributed by atoms with Gasteiger partial charge in [-0.3, -0.25) is 0 Å². The Labute approximate surface area is 120 Å². The number of ether oxygens (including phenoxy) is 1. The summed E-state index contributed by atoms with van der Waals surface area (Å²) in [5.41, 5.74) is 0.893. The quantitative estimate of drug-likeness (QED) is 0.590. The fourth-order valence-corrected chi connectivity index (χ4v) is 3.58. The molecule has 0 aromatic heterocycles. The number of fused-ring (bicyclic) bond motifs is 1. The number of allylic oxidation sites excluding steroid dienone is 3. The lowest BCUT2D eigenvalue weighted by Gasteiger charge is -2.44. The van der Waals surface area contributed by atoms with Crippen LogP contribution in [0, 0.1) is 23.2 Å². The molecule has 3 atom stereocenters. The Balaban J connectivity index is 2.48. The molecule has 4 nitrogen and oxygen atoms in total. The lowest BCUT2D eigenvalue weighted by atomic mass is 9.66. The van der Waals surface area contributed by atoms with Crippen LogP contribution in [0.15, 0.2) is 23.4 Å². The van der Waals surface area contributed by atoms with Gasteiger partial charge in [0.15, 0.2) is 0 Å². The molecule has 0 fully saturated rings. The zero-order chi connectivity index (χ0) is 14.8. The van der Waals surface area contributed by atoms with Gasteiger partial charge in [-0.1, -0.05) is 12.2 Å². The summed E-state index contributed by atoms with van der Waals surface area (Å²) in [6.07, 6.45) is 8.04. The Bertz CT molecular complexity index is 501. The smallest absolute Gasteiger partial charge is 0.335 e. The molecule has 0 saturated heterocycles. The molecule has 1 N–H and O–H groups in total. The molecule has 108 valence electrons. The van der Waals surface area contributed by atoms with E-state index in [1.165, 1.54) is 7.11 Å². The number of carbonyl (C=O) groups is 1. The van der Waals surface area contributed by atoms with Crippen LogP contribution in [0.25, 0.3) is 0 Å². The summed E-state index contributed by atoms with van der Waals surface area (Å²) in [7, 11) is 1.42. The molecule has 0 spiro atoms. The average molecular weight is 274 g/mol. The van der Waals surface area contributed by atoms with Crippen LogP contribution in [-0.4, -0.2) is 18.6 Å². The van der Waals surface area contributed by atoms with Crippen molar-refractivity contribution in [3.63, 3.8) is 0 Å². The second-order valence-electron chi connectivity index (χ2n) is 5.81. The number of hydrogen-bond donors (Lipinski definition) is 1. The van der Waals surface area contributed by atoms with Crippen LogP contribution in [-0.2, 0) is 9.53 Å². The molecule has 2 rings (SSSR count). The minimum absolute atomic E-state index is 0.0956. The van der Waals surface area contributed by atoms with E-state index in [1.807, 2.05) is 13.8 Å². The summed E-state index contributed by atoms with van der Waals surface area (Å²) in [5.74, 6) is -0.0388. The number of carbonyl (C=O) groups excluding carboxylic acids is 1. The van der Waals surface area contributed by atoms with Crippen molar-refractivity contribution < 1.29 is 9.53 Å². The Hall–Kier alpha value is -1.76. The molecule has 2 aliphatic rings. The Morgan fingerprint density at radius 2 is 2.10 bits per heavy atom. The number of nitriles is 1. The molecule has 0 amide bonds. The number of esters is 1. The van der Waals surface area contributed by atoms with Crippen molar-refractivity contribution in [3.8, 4) is 6.07 Å². The van der Waals surface area contributed by atoms with Crippen LogP contribution < -0.4 is 5.32 Å². The van der Waals surface area contributed by atoms with Gasteiger partial charge in [0.05, 0.1) is 18.8 Å². The van der Waals surface area contributed by atoms with E-state index in [4.69, 9.17) is 4.74 Å². The summed E-state index contributed by atoms with van der Waals surface area (Å²) in [5, 5.41) is 12.8. The highest BCUT2D eigenvalue weighted by Crippen LogP contribution is 2.42. The Morgan fingerprint density at radius 1 is 1.45 bits per heavy atom. The van der Waals surface area contributed by atoms with Gasteiger partial charge in [0.2, 0.25) is 0 Å². The van der Waals surface area contributed by atoms with Gasteiger partial charge in [-0.15, -0.1) is 0 Å². The fourth-order valence-electron chi connectivity index (χ4n) is 3.58. The van der Waals surface area contributed by atoms with E-state index in [-0.39, 0.29) is 17.8 Å². The van der Waals surface area contributed by atoms with Crippen LogP contribution in [0.2, 0.25) is 0 Å². The van der Waals surface area contributed by atoms with Crippen LogP contribution >= 0.6 is 0 Å².